The summed E-state index contributed by atoms with van der Waals surface area (Å²) in [6.07, 6.45) is 1.29. The van der Waals surface area contributed by atoms with E-state index in [0.717, 1.165) is 11.6 Å². The maximum atomic E-state index is 14.3. The van der Waals surface area contributed by atoms with E-state index >= 15 is 0 Å². The summed E-state index contributed by atoms with van der Waals surface area (Å²) in [5, 5.41) is 3.30. The number of H-pyrrole nitrogens is 1. The van der Waals surface area contributed by atoms with Gasteiger partial charge >= 0.3 is 0 Å². The molecular formula is C20H18F3N3O. The van der Waals surface area contributed by atoms with Crippen molar-refractivity contribution in [2.45, 2.75) is 24.8 Å². The van der Waals surface area contributed by atoms with Crippen LogP contribution in [-0.2, 0) is 4.79 Å². The fourth-order valence-corrected chi connectivity index (χ4v) is 3.77. The van der Waals surface area contributed by atoms with Crippen molar-refractivity contribution in [2.75, 3.05) is 6.54 Å². The maximum absolute atomic E-state index is 14.3. The lowest BCUT2D eigenvalue weighted by Crippen LogP contribution is -2.45. The molecule has 0 aliphatic heterocycles. The van der Waals surface area contributed by atoms with Crippen LogP contribution >= 0.6 is 0 Å². The average molecular weight is 373 g/mol. The summed E-state index contributed by atoms with van der Waals surface area (Å²) >= 11 is 0. The summed E-state index contributed by atoms with van der Waals surface area (Å²) in [7, 11) is 0. The zero-order chi connectivity index (χ0) is 19.1. The molecule has 4 nitrogen and oxygen atoms in total. The van der Waals surface area contributed by atoms with Gasteiger partial charge in [-0.25, -0.2) is 13.2 Å². The smallest absolute Gasteiger partial charge is 0.233 e. The molecule has 0 saturated heterocycles. The number of aromatic amines is 1. The molecule has 0 unspecified atom stereocenters. The Hall–Kier alpha value is -2.80. The molecule has 2 aromatic carbocycles. The van der Waals surface area contributed by atoms with E-state index in [2.05, 4.69) is 10.3 Å². The fourth-order valence-electron chi connectivity index (χ4n) is 3.77. The average Bonchev–Trinajstić information content (AvgIpc) is 2.97. The highest BCUT2D eigenvalue weighted by Gasteiger charge is 2.35. The first-order valence-electron chi connectivity index (χ1n) is 8.72. The second-order valence-corrected chi connectivity index (χ2v) is 6.87. The van der Waals surface area contributed by atoms with Crippen LogP contribution in [-0.4, -0.2) is 23.5 Å². The Labute approximate surface area is 153 Å². The van der Waals surface area contributed by atoms with E-state index in [0.29, 0.717) is 29.5 Å². The van der Waals surface area contributed by atoms with Crippen molar-refractivity contribution >= 4 is 16.8 Å². The molecule has 1 fully saturated rings. The zero-order valence-electron chi connectivity index (χ0n) is 14.4. The number of amides is 1. The maximum Gasteiger partial charge on any atom is 0.233 e. The highest BCUT2D eigenvalue weighted by Crippen LogP contribution is 2.45. The van der Waals surface area contributed by atoms with Gasteiger partial charge in [0.15, 0.2) is 0 Å². The first kappa shape index (κ1) is 17.6. The van der Waals surface area contributed by atoms with Crippen molar-refractivity contribution < 1.29 is 18.0 Å². The number of aromatic nitrogens is 1. The molecule has 140 valence electrons. The molecule has 3 aromatic rings. The number of carbonyl (C=O) groups is 1. The third kappa shape index (κ3) is 3.19. The highest BCUT2D eigenvalue weighted by atomic mass is 19.1. The van der Waals surface area contributed by atoms with Crippen LogP contribution < -0.4 is 11.1 Å². The van der Waals surface area contributed by atoms with Gasteiger partial charge in [-0.2, -0.15) is 0 Å². The number of nitrogens with one attached hydrogen (secondary N) is 2. The van der Waals surface area contributed by atoms with Gasteiger partial charge in [-0.15, -0.1) is 0 Å². The van der Waals surface area contributed by atoms with Crippen LogP contribution in [0.15, 0.2) is 36.4 Å². The first-order valence-corrected chi connectivity index (χ1v) is 8.72. The molecule has 1 amide bonds. The molecule has 1 aliphatic rings. The van der Waals surface area contributed by atoms with Crippen molar-refractivity contribution in [3.63, 3.8) is 0 Å². The number of rotatable bonds is 4. The normalized spacial score (nSPS) is 19.1. The lowest BCUT2D eigenvalue weighted by molar-refractivity contribution is -0.121. The van der Waals surface area contributed by atoms with Crippen LogP contribution in [0.5, 0.6) is 0 Å². The first-order chi connectivity index (χ1) is 13.0. The van der Waals surface area contributed by atoms with Gasteiger partial charge < -0.3 is 16.0 Å². The Kier molecular flexibility index (Phi) is 4.39. The number of halogens is 3. The minimum absolute atomic E-state index is 0.0167. The Morgan fingerprint density at radius 1 is 1.11 bits per heavy atom. The highest BCUT2D eigenvalue weighted by molar-refractivity contribution is 5.92. The quantitative estimate of drug-likeness (QED) is 0.654. The van der Waals surface area contributed by atoms with Crippen LogP contribution in [0.2, 0.25) is 0 Å². The number of hydrogen-bond acceptors (Lipinski definition) is 2. The SMILES string of the molecule is NCC(=O)N[C@H]1C[C@@H](c2c(-c3ccc(F)cc3)[nH]c3c(F)cc(F)cc32)C1. The molecule has 0 atom stereocenters. The number of fused-ring (bicyclic) bond motifs is 1. The molecule has 1 aromatic heterocycles. The van der Waals surface area contributed by atoms with Gasteiger partial charge in [-0.05, 0) is 60.2 Å². The molecular weight excluding hydrogens is 355 g/mol. The second kappa shape index (κ2) is 6.74. The third-order valence-electron chi connectivity index (χ3n) is 5.09. The molecule has 1 saturated carbocycles. The molecule has 1 heterocycles. The fraction of sp³-hybridized carbons (Fsp3) is 0.250. The monoisotopic (exact) mass is 373 g/mol. The summed E-state index contributed by atoms with van der Waals surface area (Å²) in [6.45, 7) is -0.0779. The Morgan fingerprint density at radius 3 is 2.48 bits per heavy atom. The topological polar surface area (TPSA) is 70.9 Å². The van der Waals surface area contributed by atoms with Crippen molar-refractivity contribution in [2.24, 2.45) is 5.73 Å². The van der Waals surface area contributed by atoms with Gasteiger partial charge in [-0.3, -0.25) is 4.79 Å². The Bertz CT molecular complexity index is 1010. The summed E-state index contributed by atoms with van der Waals surface area (Å²) in [5.74, 6) is -1.91. The van der Waals surface area contributed by atoms with E-state index in [4.69, 9.17) is 5.73 Å². The van der Waals surface area contributed by atoms with Gasteiger partial charge in [0.05, 0.1) is 17.8 Å². The molecule has 0 bridgehead atoms. The second-order valence-electron chi connectivity index (χ2n) is 6.87. The van der Waals surface area contributed by atoms with Gasteiger partial charge in [0.25, 0.3) is 0 Å². The molecule has 0 radical (unpaired) electrons. The number of carbonyl (C=O) groups excluding carboxylic acids is 1. The molecule has 7 heteroatoms. The van der Waals surface area contributed by atoms with Crippen molar-refractivity contribution in [1.82, 2.24) is 10.3 Å². The number of benzene rings is 2. The van der Waals surface area contributed by atoms with Crippen LogP contribution in [0, 0.1) is 17.5 Å². The van der Waals surface area contributed by atoms with Crippen LogP contribution in [0.3, 0.4) is 0 Å². The van der Waals surface area contributed by atoms with E-state index in [1.807, 2.05) is 0 Å². The van der Waals surface area contributed by atoms with Crippen molar-refractivity contribution in [3.8, 4) is 11.3 Å². The van der Waals surface area contributed by atoms with Gasteiger partial charge in [0.1, 0.15) is 17.5 Å². The van der Waals surface area contributed by atoms with Crippen molar-refractivity contribution in [3.05, 3.63) is 59.4 Å². The standard InChI is InChI=1S/C20H18F3N3O/c21-12-3-1-10(2-4-12)19-18(11-5-14(6-11)25-17(27)9-24)15-7-13(22)8-16(23)20(15)26-19/h1-4,7-8,11,14,26H,5-6,9,24H2,(H,25,27)/t11-,14+. The van der Waals surface area contributed by atoms with E-state index in [1.165, 1.54) is 18.2 Å². The Balaban J connectivity index is 1.77. The lowest BCUT2D eigenvalue weighted by Gasteiger charge is -2.36. The molecule has 0 spiro atoms. The molecule has 4 rings (SSSR count). The van der Waals surface area contributed by atoms with E-state index < -0.39 is 11.6 Å². The van der Waals surface area contributed by atoms with E-state index in [-0.39, 0.29) is 35.7 Å². The minimum Gasteiger partial charge on any atom is -0.352 e. The summed E-state index contributed by atoms with van der Waals surface area (Å²) < 4.78 is 41.4. The number of nitrogens with two attached hydrogens (primary N) is 1. The van der Waals surface area contributed by atoms with Crippen LogP contribution in [0.1, 0.15) is 24.3 Å². The van der Waals surface area contributed by atoms with E-state index in [1.54, 1.807) is 12.1 Å². The van der Waals surface area contributed by atoms with Gasteiger partial charge in [-0.1, -0.05) is 0 Å². The zero-order valence-corrected chi connectivity index (χ0v) is 14.4. The van der Waals surface area contributed by atoms with Crippen molar-refractivity contribution in [1.29, 1.82) is 0 Å². The predicted octanol–water partition coefficient (Wildman–Crippen LogP) is 3.57. The molecule has 27 heavy (non-hydrogen) atoms. The largest absolute Gasteiger partial charge is 0.352 e. The summed E-state index contributed by atoms with van der Waals surface area (Å²) in [6, 6.07) is 7.98. The Morgan fingerprint density at radius 2 is 1.81 bits per heavy atom. The van der Waals surface area contributed by atoms with Crippen LogP contribution in [0.25, 0.3) is 22.2 Å². The van der Waals surface area contributed by atoms with Gasteiger partial charge in [0, 0.05) is 17.5 Å². The van der Waals surface area contributed by atoms with E-state index in [9.17, 15) is 18.0 Å². The minimum atomic E-state index is -0.674. The summed E-state index contributed by atoms with van der Waals surface area (Å²) in [5.41, 5.74) is 7.66. The van der Waals surface area contributed by atoms with Crippen LogP contribution in [0.4, 0.5) is 13.2 Å². The molecule has 4 N–H and O–H groups in total. The predicted molar refractivity (Wildman–Crippen MR) is 96.6 cm³/mol. The van der Waals surface area contributed by atoms with Gasteiger partial charge in [0.2, 0.25) is 5.91 Å². The third-order valence-corrected chi connectivity index (χ3v) is 5.09. The lowest BCUT2D eigenvalue weighted by atomic mass is 9.74. The number of hydrogen-bond donors (Lipinski definition) is 3. The summed E-state index contributed by atoms with van der Waals surface area (Å²) in [4.78, 5) is 14.5. The molecule has 1 aliphatic carbocycles.